The van der Waals surface area contributed by atoms with Crippen molar-refractivity contribution in [3.63, 3.8) is 0 Å². The number of nitrogens with one attached hydrogen (secondary N) is 1. The maximum atomic E-state index is 13.7. The van der Waals surface area contributed by atoms with Crippen LogP contribution >= 0.6 is 0 Å². The third kappa shape index (κ3) is 3.34. The van der Waals surface area contributed by atoms with Gasteiger partial charge in [0.25, 0.3) is 0 Å². The number of hydrogen-bond donors (Lipinski definition) is 2. The molecular weight excluding hydrogens is 300 g/mol. The second-order valence-corrected chi connectivity index (χ2v) is 6.09. The van der Waals surface area contributed by atoms with E-state index in [4.69, 9.17) is 5.73 Å². The molecule has 1 atom stereocenters. The predicted molar refractivity (Wildman–Crippen MR) is 73.7 cm³/mol. The molecule has 2 aromatic rings. The van der Waals surface area contributed by atoms with Gasteiger partial charge in [-0.2, -0.15) is 0 Å². The molecule has 0 saturated carbocycles. The molecule has 1 heterocycles. The van der Waals surface area contributed by atoms with Crippen molar-refractivity contribution in [1.29, 1.82) is 0 Å². The molecule has 0 amide bonds. The van der Waals surface area contributed by atoms with Gasteiger partial charge in [0, 0.05) is 24.1 Å². The van der Waals surface area contributed by atoms with Crippen molar-refractivity contribution in [2.75, 3.05) is 5.73 Å². The average molecular weight is 313 g/mol. The van der Waals surface area contributed by atoms with Gasteiger partial charge in [-0.1, -0.05) is 0 Å². The number of rotatable bonds is 4. The van der Waals surface area contributed by atoms with Crippen LogP contribution in [0.5, 0.6) is 0 Å². The fourth-order valence-electron chi connectivity index (χ4n) is 1.85. The Morgan fingerprint density at radius 3 is 2.24 bits per heavy atom. The first-order valence-electron chi connectivity index (χ1n) is 5.98. The summed E-state index contributed by atoms with van der Waals surface area (Å²) in [5.41, 5.74) is 5.69. The Morgan fingerprint density at radius 2 is 1.71 bits per heavy atom. The van der Waals surface area contributed by atoms with E-state index in [-0.39, 0.29) is 5.69 Å². The molecule has 0 spiro atoms. The molecule has 5 nitrogen and oxygen atoms in total. The van der Waals surface area contributed by atoms with Gasteiger partial charge in [-0.15, -0.1) is 0 Å². The lowest BCUT2D eigenvalue weighted by molar-refractivity contribution is 0.510. The van der Waals surface area contributed by atoms with E-state index >= 15 is 0 Å². The maximum absolute atomic E-state index is 13.7. The largest absolute Gasteiger partial charge is 0.399 e. The van der Waals surface area contributed by atoms with Crippen LogP contribution < -0.4 is 10.5 Å². The van der Waals surface area contributed by atoms with Crippen LogP contribution in [0.3, 0.4) is 0 Å². The molecule has 1 aromatic carbocycles. The van der Waals surface area contributed by atoms with Crippen molar-refractivity contribution in [2.45, 2.75) is 17.9 Å². The first-order chi connectivity index (χ1) is 9.81. The second kappa shape index (κ2) is 5.74. The van der Waals surface area contributed by atoms with E-state index < -0.39 is 32.6 Å². The molecule has 0 aliphatic rings. The SMILES string of the molecule is CC(NS(=O)(=O)c1c(F)cc(N)cc1F)c1ccncc1. The number of nitrogen functional groups attached to an aromatic ring is 1. The summed E-state index contributed by atoms with van der Waals surface area (Å²) in [6.07, 6.45) is 2.98. The van der Waals surface area contributed by atoms with Gasteiger partial charge in [0.15, 0.2) is 4.90 Å². The lowest BCUT2D eigenvalue weighted by atomic mass is 10.1. The molecule has 0 aliphatic heterocycles. The molecule has 0 saturated heterocycles. The highest BCUT2D eigenvalue weighted by atomic mass is 32.2. The third-order valence-corrected chi connectivity index (χ3v) is 4.42. The van der Waals surface area contributed by atoms with Gasteiger partial charge in [0.05, 0.1) is 0 Å². The van der Waals surface area contributed by atoms with Crippen LogP contribution in [0.4, 0.5) is 14.5 Å². The molecule has 0 bridgehead atoms. The molecule has 8 heteroatoms. The molecule has 3 N–H and O–H groups in total. The van der Waals surface area contributed by atoms with E-state index in [1.54, 1.807) is 19.1 Å². The zero-order valence-electron chi connectivity index (χ0n) is 11.0. The van der Waals surface area contributed by atoms with Gasteiger partial charge >= 0.3 is 0 Å². The fourth-order valence-corrected chi connectivity index (χ4v) is 3.20. The van der Waals surface area contributed by atoms with Crippen molar-refractivity contribution in [3.05, 3.63) is 53.9 Å². The smallest absolute Gasteiger partial charge is 0.246 e. The fraction of sp³-hybridized carbons (Fsp3) is 0.154. The molecule has 1 unspecified atom stereocenters. The van der Waals surface area contributed by atoms with Crippen LogP contribution in [-0.2, 0) is 10.0 Å². The van der Waals surface area contributed by atoms with Crippen LogP contribution in [-0.4, -0.2) is 13.4 Å². The van der Waals surface area contributed by atoms with Gasteiger partial charge in [0.2, 0.25) is 10.0 Å². The standard InChI is InChI=1S/C13H13F2N3O2S/c1-8(9-2-4-17-5-3-9)18-21(19,20)13-11(14)6-10(16)7-12(13)15/h2-8,18H,16H2,1H3. The van der Waals surface area contributed by atoms with Crippen molar-refractivity contribution >= 4 is 15.7 Å². The number of aromatic nitrogens is 1. The molecule has 0 radical (unpaired) electrons. The normalized spacial score (nSPS) is 13.1. The first-order valence-corrected chi connectivity index (χ1v) is 7.46. The number of hydrogen-bond acceptors (Lipinski definition) is 4. The third-order valence-electron chi connectivity index (χ3n) is 2.83. The van der Waals surface area contributed by atoms with E-state index in [2.05, 4.69) is 9.71 Å². The van der Waals surface area contributed by atoms with Gasteiger partial charge in [-0.25, -0.2) is 21.9 Å². The summed E-state index contributed by atoms with van der Waals surface area (Å²) in [7, 11) is -4.36. The number of nitrogens with two attached hydrogens (primary N) is 1. The Morgan fingerprint density at radius 1 is 1.19 bits per heavy atom. The van der Waals surface area contributed by atoms with Crippen LogP contribution in [0.15, 0.2) is 41.6 Å². The predicted octanol–water partition coefficient (Wildman–Crippen LogP) is 1.98. The Hall–Kier alpha value is -2.06. The highest BCUT2D eigenvalue weighted by Crippen LogP contribution is 2.23. The van der Waals surface area contributed by atoms with Gasteiger partial charge in [-0.05, 0) is 36.8 Å². The lowest BCUT2D eigenvalue weighted by Gasteiger charge is -2.15. The Bertz CT molecular complexity index is 728. The summed E-state index contributed by atoms with van der Waals surface area (Å²) >= 11 is 0. The molecule has 0 fully saturated rings. The van der Waals surface area contributed by atoms with E-state index in [1.807, 2.05) is 0 Å². The highest BCUT2D eigenvalue weighted by Gasteiger charge is 2.26. The van der Waals surface area contributed by atoms with Gasteiger partial charge < -0.3 is 5.73 Å². The summed E-state index contributed by atoms with van der Waals surface area (Å²) in [4.78, 5) is 2.77. The summed E-state index contributed by atoms with van der Waals surface area (Å²) in [6, 6.07) is 4.05. The van der Waals surface area contributed by atoms with E-state index in [9.17, 15) is 17.2 Å². The number of benzene rings is 1. The minimum Gasteiger partial charge on any atom is -0.399 e. The minimum absolute atomic E-state index is 0.189. The van der Waals surface area contributed by atoms with E-state index in [0.29, 0.717) is 5.56 Å². The van der Waals surface area contributed by atoms with Crippen molar-refractivity contribution in [3.8, 4) is 0 Å². The molecule has 2 rings (SSSR count). The number of anilines is 1. The average Bonchev–Trinajstić information content (AvgIpc) is 2.37. The van der Waals surface area contributed by atoms with Crippen LogP contribution in [0.1, 0.15) is 18.5 Å². The molecule has 1 aromatic heterocycles. The molecule has 0 aliphatic carbocycles. The van der Waals surface area contributed by atoms with Crippen molar-refractivity contribution in [1.82, 2.24) is 9.71 Å². The topological polar surface area (TPSA) is 85.1 Å². The Balaban J connectivity index is 2.36. The number of sulfonamides is 1. The van der Waals surface area contributed by atoms with Crippen LogP contribution in [0, 0.1) is 11.6 Å². The summed E-state index contributed by atoms with van der Waals surface area (Å²) < 4.78 is 53.9. The van der Waals surface area contributed by atoms with Gasteiger partial charge in [0.1, 0.15) is 11.6 Å². The molecule has 112 valence electrons. The zero-order valence-corrected chi connectivity index (χ0v) is 11.9. The summed E-state index contributed by atoms with van der Waals surface area (Å²) in [5, 5.41) is 0. The first kappa shape index (κ1) is 15.3. The Labute approximate surface area is 120 Å². The highest BCUT2D eigenvalue weighted by molar-refractivity contribution is 7.89. The Kier molecular flexibility index (Phi) is 4.19. The number of halogens is 2. The number of nitrogens with zero attached hydrogens (tertiary/aromatic N) is 1. The maximum Gasteiger partial charge on any atom is 0.246 e. The zero-order chi connectivity index (χ0) is 15.6. The monoisotopic (exact) mass is 313 g/mol. The molecule has 21 heavy (non-hydrogen) atoms. The molecular formula is C13H13F2N3O2S. The van der Waals surface area contributed by atoms with Crippen LogP contribution in [0.2, 0.25) is 0 Å². The second-order valence-electron chi connectivity index (χ2n) is 4.44. The van der Waals surface area contributed by atoms with Crippen molar-refractivity contribution < 1.29 is 17.2 Å². The van der Waals surface area contributed by atoms with Crippen LogP contribution in [0.25, 0.3) is 0 Å². The summed E-state index contributed by atoms with van der Waals surface area (Å²) in [5.74, 6) is -2.47. The quantitative estimate of drug-likeness (QED) is 0.845. The van der Waals surface area contributed by atoms with Gasteiger partial charge in [-0.3, -0.25) is 4.98 Å². The lowest BCUT2D eigenvalue weighted by Crippen LogP contribution is -2.28. The number of pyridine rings is 1. The minimum atomic E-state index is -4.36. The van der Waals surface area contributed by atoms with Crippen molar-refractivity contribution in [2.24, 2.45) is 0 Å². The summed E-state index contributed by atoms with van der Waals surface area (Å²) in [6.45, 7) is 1.56. The van der Waals surface area contributed by atoms with E-state index in [1.165, 1.54) is 12.4 Å². The van der Waals surface area contributed by atoms with E-state index in [0.717, 1.165) is 12.1 Å².